The van der Waals surface area contributed by atoms with E-state index in [9.17, 15) is 4.79 Å². The lowest BCUT2D eigenvalue weighted by molar-refractivity contribution is -0.137. The largest absolute Gasteiger partial charge is 0.481 e. The van der Waals surface area contributed by atoms with Crippen LogP contribution >= 0.6 is 0 Å². The van der Waals surface area contributed by atoms with Crippen molar-refractivity contribution in [3.05, 3.63) is 17.6 Å². The van der Waals surface area contributed by atoms with Gasteiger partial charge >= 0.3 is 5.97 Å². The van der Waals surface area contributed by atoms with E-state index < -0.39 is 5.97 Å². The van der Waals surface area contributed by atoms with Gasteiger partial charge in [0.2, 0.25) is 0 Å². The first-order valence-electron chi connectivity index (χ1n) is 8.74. The van der Waals surface area contributed by atoms with E-state index in [1.54, 1.807) is 0 Å². The standard InChI is InChI=1S/C17H26N4O3/c1-13-18-15(11-16(19-13)21-7-9-24-10-8-21)14-3-2-5-20(12-14)6-4-17(22)23/h11,14H,2-10,12H2,1H3,(H,22,23)/t14-/m1/s1. The van der Waals surface area contributed by atoms with Crippen LogP contribution in [0.3, 0.4) is 0 Å². The van der Waals surface area contributed by atoms with Crippen molar-refractivity contribution >= 4 is 11.8 Å². The zero-order valence-corrected chi connectivity index (χ0v) is 14.3. The summed E-state index contributed by atoms with van der Waals surface area (Å²) in [6, 6.07) is 2.11. The van der Waals surface area contributed by atoms with E-state index >= 15 is 0 Å². The van der Waals surface area contributed by atoms with Crippen molar-refractivity contribution in [1.29, 1.82) is 0 Å². The first-order valence-corrected chi connectivity index (χ1v) is 8.74. The first-order chi connectivity index (χ1) is 11.6. The molecule has 0 spiro atoms. The number of aliphatic carboxylic acids is 1. The molecule has 2 saturated heterocycles. The van der Waals surface area contributed by atoms with E-state index in [2.05, 4.69) is 25.8 Å². The van der Waals surface area contributed by atoms with E-state index in [4.69, 9.17) is 9.84 Å². The Labute approximate surface area is 142 Å². The number of aromatic nitrogens is 2. The zero-order valence-electron chi connectivity index (χ0n) is 14.3. The van der Waals surface area contributed by atoms with Gasteiger partial charge in [0, 0.05) is 38.2 Å². The summed E-state index contributed by atoms with van der Waals surface area (Å²) >= 11 is 0. The minimum atomic E-state index is -0.732. The van der Waals surface area contributed by atoms with Gasteiger partial charge in [-0.15, -0.1) is 0 Å². The average molecular weight is 334 g/mol. The van der Waals surface area contributed by atoms with Gasteiger partial charge in [-0.2, -0.15) is 0 Å². The number of rotatable bonds is 5. The predicted molar refractivity (Wildman–Crippen MR) is 90.5 cm³/mol. The van der Waals surface area contributed by atoms with Gasteiger partial charge in [0.05, 0.1) is 25.3 Å². The Bertz CT molecular complexity index is 575. The molecular formula is C17H26N4O3. The minimum Gasteiger partial charge on any atom is -0.481 e. The average Bonchev–Trinajstić information content (AvgIpc) is 2.60. The monoisotopic (exact) mass is 334 g/mol. The summed E-state index contributed by atoms with van der Waals surface area (Å²) < 4.78 is 5.42. The highest BCUT2D eigenvalue weighted by atomic mass is 16.5. The van der Waals surface area contributed by atoms with Crippen LogP contribution in [0, 0.1) is 6.92 Å². The Morgan fingerprint density at radius 1 is 1.33 bits per heavy atom. The van der Waals surface area contributed by atoms with Crippen molar-refractivity contribution in [3.63, 3.8) is 0 Å². The maximum Gasteiger partial charge on any atom is 0.304 e. The number of piperidine rings is 1. The molecule has 7 nitrogen and oxygen atoms in total. The third kappa shape index (κ3) is 4.42. The fourth-order valence-electron chi connectivity index (χ4n) is 3.49. The molecule has 1 atom stereocenters. The van der Waals surface area contributed by atoms with Crippen molar-refractivity contribution in [1.82, 2.24) is 14.9 Å². The van der Waals surface area contributed by atoms with E-state index in [0.717, 1.165) is 69.6 Å². The molecule has 24 heavy (non-hydrogen) atoms. The highest BCUT2D eigenvalue weighted by Crippen LogP contribution is 2.28. The van der Waals surface area contributed by atoms with Gasteiger partial charge in [-0.1, -0.05) is 0 Å². The molecule has 1 aromatic heterocycles. The van der Waals surface area contributed by atoms with Crippen LogP contribution < -0.4 is 4.90 Å². The van der Waals surface area contributed by atoms with Crippen LogP contribution in [-0.2, 0) is 9.53 Å². The molecule has 0 bridgehead atoms. The highest BCUT2D eigenvalue weighted by Gasteiger charge is 2.24. The molecule has 1 N–H and O–H groups in total. The number of carbonyl (C=O) groups is 1. The summed E-state index contributed by atoms with van der Waals surface area (Å²) in [6.07, 6.45) is 2.39. The second-order valence-corrected chi connectivity index (χ2v) is 6.58. The van der Waals surface area contributed by atoms with Gasteiger partial charge in [-0.3, -0.25) is 4.79 Å². The molecule has 7 heteroatoms. The lowest BCUT2D eigenvalue weighted by Crippen LogP contribution is -2.38. The number of hydrogen-bond acceptors (Lipinski definition) is 6. The topological polar surface area (TPSA) is 78.8 Å². The number of anilines is 1. The molecule has 0 radical (unpaired) electrons. The maximum atomic E-state index is 10.8. The molecule has 0 aliphatic carbocycles. The third-order valence-electron chi connectivity index (χ3n) is 4.75. The van der Waals surface area contributed by atoms with Gasteiger partial charge < -0.3 is 19.6 Å². The van der Waals surface area contributed by atoms with Crippen LogP contribution in [0.1, 0.15) is 36.7 Å². The normalized spacial score (nSPS) is 22.5. The first kappa shape index (κ1) is 17.1. The quantitative estimate of drug-likeness (QED) is 0.869. The summed E-state index contributed by atoms with van der Waals surface area (Å²) in [5.41, 5.74) is 1.09. The molecule has 2 aliphatic heterocycles. The van der Waals surface area contributed by atoms with Gasteiger partial charge in [0.15, 0.2) is 0 Å². The summed E-state index contributed by atoms with van der Waals surface area (Å²) in [6.45, 7) is 7.63. The lowest BCUT2D eigenvalue weighted by atomic mass is 9.94. The van der Waals surface area contributed by atoms with Crippen LogP contribution in [0.4, 0.5) is 5.82 Å². The molecule has 0 aromatic carbocycles. The van der Waals surface area contributed by atoms with Gasteiger partial charge in [0.25, 0.3) is 0 Å². The fraction of sp³-hybridized carbons (Fsp3) is 0.706. The maximum absolute atomic E-state index is 10.8. The molecule has 2 fully saturated rings. The van der Waals surface area contributed by atoms with Crippen LogP contribution in [0.25, 0.3) is 0 Å². The Morgan fingerprint density at radius 3 is 2.88 bits per heavy atom. The molecule has 3 heterocycles. The number of carboxylic acid groups (broad SMARTS) is 1. The van der Waals surface area contributed by atoms with Gasteiger partial charge in [-0.05, 0) is 26.3 Å². The van der Waals surface area contributed by atoms with E-state index in [0.29, 0.717) is 12.5 Å². The second-order valence-electron chi connectivity index (χ2n) is 6.58. The van der Waals surface area contributed by atoms with Crippen molar-refractivity contribution in [2.24, 2.45) is 0 Å². The van der Waals surface area contributed by atoms with Crippen molar-refractivity contribution in [2.45, 2.75) is 32.1 Å². The number of aryl methyl sites for hydroxylation is 1. The van der Waals surface area contributed by atoms with Crippen molar-refractivity contribution < 1.29 is 14.6 Å². The summed E-state index contributed by atoms with van der Waals surface area (Å²) in [4.78, 5) is 24.6. The minimum absolute atomic E-state index is 0.203. The van der Waals surface area contributed by atoms with Crippen LogP contribution in [0.15, 0.2) is 6.07 Å². The Balaban J connectivity index is 1.70. The van der Waals surface area contributed by atoms with E-state index in [-0.39, 0.29) is 6.42 Å². The number of nitrogens with zero attached hydrogens (tertiary/aromatic N) is 4. The highest BCUT2D eigenvalue weighted by molar-refractivity contribution is 5.66. The van der Waals surface area contributed by atoms with Gasteiger partial charge in [0.1, 0.15) is 11.6 Å². The van der Waals surface area contributed by atoms with Crippen LogP contribution in [0.2, 0.25) is 0 Å². The molecular weight excluding hydrogens is 308 g/mol. The van der Waals surface area contributed by atoms with Crippen LogP contribution in [-0.4, -0.2) is 71.9 Å². The number of ether oxygens (including phenoxy) is 1. The second kappa shape index (κ2) is 7.90. The molecule has 2 aliphatic rings. The lowest BCUT2D eigenvalue weighted by Gasteiger charge is -2.33. The number of likely N-dealkylation sites (tertiary alicyclic amines) is 1. The molecule has 0 amide bonds. The predicted octanol–water partition coefficient (Wildman–Crippen LogP) is 1.28. The van der Waals surface area contributed by atoms with Crippen molar-refractivity contribution in [2.75, 3.05) is 50.8 Å². The SMILES string of the molecule is Cc1nc([C@@H]2CCCN(CCC(=O)O)C2)cc(N2CCOCC2)n1. The molecule has 1 aromatic rings. The van der Waals surface area contributed by atoms with Gasteiger partial charge in [-0.25, -0.2) is 9.97 Å². The summed E-state index contributed by atoms with van der Waals surface area (Å²) in [5.74, 6) is 1.42. The Kier molecular flexibility index (Phi) is 5.63. The van der Waals surface area contributed by atoms with Crippen molar-refractivity contribution in [3.8, 4) is 0 Å². The number of morpholine rings is 1. The van der Waals surface area contributed by atoms with E-state index in [1.165, 1.54) is 0 Å². The summed E-state index contributed by atoms with van der Waals surface area (Å²) in [5, 5.41) is 8.88. The zero-order chi connectivity index (χ0) is 16.9. The molecule has 0 saturated carbocycles. The number of hydrogen-bond donors (Lipinski definition) is 1. The Morgan fingerprint density at radius 2 is 2.12 bits per heavy atom. The van der Waals surface area contributed by atoms with E-state index in [1.807, 2.05) is 6.92 Å². The smallest absolute Gasteiger partial charge is 0.304 e. The molecule has 0 unspecified atom stereocenters. The number of carboxylic acids is 1. The molecule has 3 rings (SSSR count). The molecule has 132 valence electrons. The van der Waals surface area contributed by atoms with Crippen LogP contribution in [0.5, 0.6) is 0 Å². The summed E-state index contributed by atoms with van der Waals surface area (Å²) in [7, 11) is 0. The Hall–Kier alpha value is -1.73. The fourth-order valence-corrected chi connectivity index (χ4v) is 3.49. The third-order valence-corrected chi connectivity index (χ3v) is 4.75.